The molecular formula is C17H22N2O2. The average Bonchev–Trinajstić information content (AvgIpc) is 3.06. The molecule has 1 fully saturated rings. The Kier molecular flexibility index (Phi) is 4.39. The van der Waals surface area contributed by atoms with Crippen LogP contribution in [0.15, 0.2) is 36.4 Å². The van der Waals surface area contributed by atoms with Crippen LogP contribution in [0.1, 0.15) is 12.0 Å². The molecule has 3 N–H and O–H groups in total. The van der Waals surface area contributed by atoms with Crippen molar-refractivity contribution in [2.24, 2.45) is 11.8 Å². The molecule has 3 rings (SSSR count). The molecule has 0 radical (unpaired) electrons. The lowest BCUT2D eigenvalue weighted by Gasteiger charge is -2.22. The Morgan fingerprint density at radius 3 is 3.00 bits per heavy atom. The number of rotatable bonds is 5. The third-order valence-corrected chi connectivity index (χ3v) is 4.37. The van der Waals surface area contributed by atoms with Gasteiger partial charge in [0.15, 0.2) is 0 Å². The van der Waals surface area contributed by atoms with Crippen molar-refractivity contribution in [3.8, 4) is 5.75 Å². The number of benzene rings is 2. The van der Waals surface area contributed by atoms with Crippen molar-refractivity contribution in [3.05, 3.63) is 42.0 Å². The summed E-state index contributed by atoms with van der Waals surface area (Å²) >= 11 is 0. The van der Waals surface area contributed by atoms with Crippen LogP contribution in [0.5, 0.6) is 5.75 Å². The van der Waals surface area contributed by atoms with E-state index in [1.807, 2.05) is 6.07 Å². The second kappa shape index (κ2) is 6.43. The first kappa shape index (κ1) is 14.3. The van der Waals surface area contributed by atoms with Crippen LogP contribution in [0.25, 0.3) is 10.8 Å². The van der Waals surface area contributed by atoms with E-state index in [-0.39, 0.29) is 6.04 Å². The fourth-order valence-corrected chi connectivity index (χ4v) is 3.09. The minimum atomic E-state index is 0.240. The molecule has 0 spiro atoms. The highest BCUT2D eigenvalue weighted by Gasteiger charge is 2.25. The average molecular weight is 286 g/mol. The van der Waals surface area contributed by atoms with Gasteiger partial charge in [0, 0.05) is 18.6 Å². The highest BCUT2D eigenvalue weighted by molar-refractivity contribution is 5.87. The Labute approximate surface area is 125 Å². The van der Waals surface area contributed by atoms with Crippen LogP contribution in [-0.4, -0.2) is 26.4 Å². The van der Waals surface area contributed by atoms with E-state index < -0.39 is 0 Å². The summed E-state index contributed by atoms with van der Waals surface area (Å²) in [7, 11) is 1.70. The van der Waals surface area contributed by atoms with E-state index in [9.17, 15) is 0 Å². The normalized spacial score (nSPS) is 19.8. The molecule has 4 nitrogen and oxygen atoms in total. The fraction of sp³-hybridized carbons (Fsp3) is 0.412. The molecule has 1 aliphatic rings. The van der Waals surface area contributed by atoms with E-state index >= 15 is 0 Å². The monoisotopic (exact) mass is 286 g/mol. The van der Waals surface area contributed by atoms with Crippen LogP contribution in [0.4, 0.5) is 0 Å². The van der Waals surface area contributed by atoms with E-state index in [1.54, 1.807) is 7.11 Å². The highest BCUT2D eigenvalue weighted by atomic mass is 16.5. The van der Waals surface area contributed by atoms with E-state index in [4.69, 9.17) is 15.3 Å². The van der Waals surface area contributed by atoms with Gasteiger partial charge in [0.05, 0.1) is 13.7 Å². The second-order valence-electron chi connectivity index (χ2n) is 5.61. The lowest BCUT2D eigenvalue weighted by molar-refractivity contribution is 0.176. The Balaban J connectivity index is 1.91. The van der Waals surface area contributed by atoms with E-state index in [0.29, 0.717) is 5.92 Å². The molecule has 0 saturated carbocycles. The van der Waals surface area contributed by atoms with Gasteiger partial charge in [0.25, 0.3) is 0 Å². The molecule has 1 saturated heterocycles. The van der Waals surface area contributed by atoms with Crippen LogP contribution in [0.2, 0.25) is 0 Å². The number of hydrogen-bond donors (Lipinski definition) is 2. The van der Waals surface area contributed by atoms with E-state index in [0.717, 1.165) is 31.8 Å². The topological polar surface area (TPSA) is 56.5 Å². The number of ether oxygens (including phenoxy) is 2. The minimum Gasteiger partial charge on any atom is -0.497 e. The standard InChI is InChI=1S/C17H22N2O2/c1-20-15-6-5-12-3-2-4-13(16(12)10-15)9-17(19-18)14-7-8-21-11-14/h2-6,10,14,17,19H,7-9,11,18H2,1H3. The molecule has 2 aromatic carbocycles. The largest absolute Gasteiger partial charge is 0.497 e. The smallest absolute Gasteiger partial charge is 0.119 e. The van der Waals surface area contributed by atoms with Crippen LogP contribution < -0.4 is 16.0 Å². The summed E-state index contributed by atoms with van der Waals surface area (Å²) in [5.41, 5.74) is 4.27. The maximum Gasteiger partial charge on any atom is 0.119 e. The van der Waals surface area contributed by atoms with Gasteiger partial charge in [-0.05, 0) is 41.3 Å². The Morgan fingerprint density at radius 1 is 1.38 bits per heavy atom. The van der Waals surface area contributed by atoms with Gasteiger partial charge in [-0.25, -0.2) is 0 Å². The Bertz CT molecular complexity index is 609. The molecule has 112 valence electrons. The van der Waals surface area contributed by atoms with E-state index in [1.165, 1.54) is 16.3 Å². The molecule has 0 amide bonds. The molecule has 2 atom stereocenters. The number of nitrogens with two attached hydrogens (primary N) is 1. The SMILES string of the molecule is COc1ccc2cccc(CC(NN)C3CCOC3)c2c1. The zero-order valence-corrected chi connectivity index (χ0v) is 12.3. The van der Waals surface area contributed by atoms with Gasteiger partial charge >= 0.3 is 0 Å². The van der Waals surface area contributed by atoms with Crippen molar-refractivity contribution in [1.82, 2.24) is 5.43 Å². The summed E-state index contributed by atoms with van der Waals surface area (Å²) in [4.78, 5) is 0. The molecule has 0 bridgehead atoms. The van der Waals surface area contributed by atoms with Gasteiger partial charge in [-0.2, -0.15) is 0 Å². The van der Waals surface area contributed by atoms with Crippen molar-refractivity contribution in [2.45, 2.75) is 18.9 Å². The van der Waals surface area contributed by atoms with Crippen molar-refractivity contribution in [1.29, 1.82) is 0 Å². The predicted octanol–water partition coefficient (Wildman–Crippen LogP) is 2.26. The Morgan fingerprint density at radius 2 is 2.29 bits per heavy atom. The van der Waals surface area contributed by atoms with Gasteiger partial charge in [-0.3, -0.25) is 11.3 Å². The van der Waals surface area contributed by atoms with Crippen molar-refractivity contribution < 1.29 is 9.47 Å². The summed E-state index contributed by atoms with van der Waals surface area (Å²) in [6, 6.07) is 12.8. The molecule has 4 heteroatoms. The summed E-state index contributed by atoms with van der Waals surface area (Å²) in [5.74, 6) is 7.14. The number of nitrogens with one attached hydrogen (secondary N) is 1. The molecular weight excluding hydrogens is 264 g/mol. The zero-order chi connectivity index (χ0) is 14.7. The summed E-state index contributed by atoms with van der Waals surface area (Å²) in [6.45, 7) is 1.63. The van der Waals surface area contributed by atoms with Crippen LogP contribution in [0, 0.1) is 5.92 Å². The maximum absolute atomic E-state index is 5.77. The van der Waals surface area contributed by atoms with Gasteiger partial charge in [-0.15, -0.1) is 0 Å². The van der Waals surface area contributed by atoms with Crippen LogP contribution in [-0.2, 0) is 11.2 Å². The van der Waals surface area contributed by atoms with E-state index in [2.05, 4.69) is 35.8 Å². The number of methoxy groups -OCH3 is 1. The highest BCUT2D eigenvalue weighted by Crippen LogP contribution is 2.27. The molecule has 0 aromatic heterocycles. The molecule has 0 aliphatic carbocycles. The summed E-state index contributed by atoms with van der Waals surface area (Å²) in [6.07, 6.45) is 1.97. The first-order chi connectivity index (χ1) is 10.3. The molecule has 21 heavy (non-hydrogen) atoms. The lowest BCUT2D eigenvalue weighted by atomic mass is 9.91. The third-order valence-electron chi connectivity index (χ3n) is 4.37. The first-order valence-corrected chi connectivity index (χ1v) is 7.41. The van der Waals surface area contributed by atoms with Gasteiger partial charge in [-0.1, -0.05) is 24.3 Å². The van der Waals surface area contributed by atoms with Crippen LogP contribution >= 0.6 is 0 Å². The lowest BCUT2D eigenvalue weighted by Crippen LogP contribution is -2.42. The maximum atomic E-state index is 5.77. The molecule has 2 aromatic rings. The number of hydrogen-bond acceptors (Lipinski definition) is 4. The Hall–Kier alpha value is -1.62. The number of fused-ring (bicyclic) bond motifs is 1. The predicted molar refractivity (Wildman–Crippen MR) is 84.2 cm³/mol. The van der Waals surface area contributed by atoms with Gasteiger partial charge in [0.1, 0.15) is 5.75 Å². The second-order valence-corrected chi connectivity index (χ2v) is 5.61. The molecule has 1 aliphatic heterocycles. The van der Waals surface area contributed by atoms with Crippen molar-refractivity contribution in [3.63, 3.8) is 0 Å². The first-order valence-electron chi connectivity index (χ1n) is 7.41. The van der Waals surface area contributed by atoms with Gasteiger partial charge in [0.2, 0.25) is 0 Å². The third kappa shape index (κ3) is 3.02. The molecule has 2 unspecified atom stereocenters. The van der Waals surface area contributed by atoms with Crippen LogP contribution in [0.3, 0.4) is 0 Å². The number of hydrazine groups is 1. The summed E-state index contributed by atoms with van der Waals surface area (Å²) < 4.78 is 10.8. The zero-order valence-electron chi connectivity index (χ0n) is 12.3. The fourth-order valence-electron chi connectivity index (χ4n) is 3.09. The van der Waals surface area contributed by atoms with Crippen molar-refractivity contribution >= 4 is 10.8 Å². The minimum absolute atomic E-state index is 0.240. The van der Waals surface area contributed by atoms with Crippen molar-refractivity contribution in [2.75, 3.05) is 20.3 Å². The molecule has 1 heterocycles. The van der Waals surface area contributed by atoms with Gasteiger partial charge < -0.3 is 9.47 Å². The quantitative estimate of drug-likeness (QED) is 0.654. The summed E-state index contributed by atoms with van der Waals surface area (Å²) in [5, 5.41) is 2.46.